The van der Waals surface area contributed by atoms with E-state index in [0.717, 1.165) is 23.2 Å². The van der Waals surface area contributed by atoms with Crippen molar-refractivity contribution < 1.29 is 28.7 Å². The summed E-state index contributed by atoms with van der Waals surface area (Å²) in [4.78, 5) is 51.5. The molecule has 1 atom stereocenters. The van der Waals surface area contributed by atoms with E-state index < -0.39 is 30.2 Å². The third-order valence-electron chi connectivity index (χ3n) is 6.14. The van der Waals surface area contributed by atoms with Crippen molar-refractivity contribution in [2.45, 2.75) is 26.7 Å². The third kappa shape index (κ3) is 5.68. The molecule has 1 aliphatic rings. The van der Waals surface area contributed by atoms with Crippen LogP contribution in [0.15, 0.2) is 72.8 Å². The number of Topliss-reactive ketones (excluding diaryl/α,β-unsaturated/α-hetero) is 1. The molecule has 184 valence electrons. The Labute approximate surface area is 209 Å². The van der Waals surface area contributed by atoms with Gasteiger partial charge >= 0.3 is 11.9 Å². The number of benzene rings is 3. The lowest BCUT2D eigenvalue weighted by Crippen LogP contribution is -2.28. The second-order valence-corrected chi connectivity index (χ2v) is 8.70. The first-order valence-electron chi connectivity index (χ1n) is 11.8. The fourth-order valence-corrected chi connectivity index (χ4v) is 4.07. The molecule has 0 aromatic heterocycles. The zero-order valence-electron chi connectivity index (χ0n) is 20.2. The van der Waals surface area contributed by atoms with Crippen LogP contribution in [0, 0.1) is 12.8 Å². The Balaban J connectivity index is 1.30. The molecule has 7 nitrogen and oxygen atoms in total. The van der Waals surface area contributed by atoms with Crippen LogP contribution in [0.2, 0.25) is 0 Å². The number of carbonyl (C=O) groups is 4. The standard InChI is InChI=1S/C29H27NO6/c1-3-20-6-4-5-7-25(20)30-17-23(16-27(30)32)28(33)35-18-26(31)21-12-14-24(15-13-21)36-29(34)22-10-8-19(2)9-11-22/h4-15,23H,3,16-18H2,1-2H3. The van der Waals surface area contributed by atoms with Gasteiger partial charge in [-0.05, 0) is 61.4 Å². The van der Waals surface area contributed by atoms with E-state index in [1.165, 1.54) is 24.3 Å². The molecule has 36 heavy (non-hydrogen) atoms. The second-order valence-electron chi connectivity index (χ2n) is 8.70. The molecular formula is C29H27NO6. The number of rotatable bonds is 8. The van der Waals surface area contributed by atoms with Gasteiger partial charge in [-0.3, -0.25) is 14.4 Å². The highest BCUT2D eigenvalue weighted by Crippen LogP contribution is 2.29. The van der Waals surface area contributed by atoms with Crippen molar-refractivity contribution in [3.63, 3.8) is 0 Å². The summed E-state index contributed by atoms with van der Waals surface area (Å²) in [6.45, 7) is 3.73. The van der Waals surface area contributed by atoms with Gasteiger partial charge in [-0.15, -0.1) is 0 Å². The summed E-state index contributed by atoms with van der Waals surface area (Å²) in [5, 5.41) is 0. The van der Waals surface area contributed by atoms with Crippen molar-refractivity contribution in [3.8, 4) is 5.75 Å². The first-order chi connectivity index (χ1) is 17.4. The molecule has 1 heterocycles. The number of hydrogen-bond acceptors (Lipinski definition) is 6. The average Bonchev–Trinajstić information content (AvgIpc) is 3.29. The number of ketones is 1. The number of esters is 2. The van der Waals surface area contributed by atoms with Crippen molar-refractivity contribution in [3.05, 3.63) is 95.1 Å². The smallest absolute Gasteiger partial charge is 0.343 e. The SMILES string of the molecule is CCc1ccccc1N1CC(C(=O)OCC(=O)c2ccc(OC(=O)c3ccc(C)cc3)cc2)CC1=O. The summed E-state index contributed by atoms with van der Waals surface area (Å²) in [6, 6.07) is 20.7. The minimum absolute atomic E-state index is 0.0477. The molecule has 0 spiro atoms. The van der Waals surface area contributed by atoms with Crippen LogP contribution in [-0.2, 0) is 20.7 Å². The lowest BCUT2D eigenvalue weighted by Gasteiger charge is -2.19. The summed E-state index contributed by atoms with van der Waals surface area (Å²) < 4.78 is 10.6. The fraction of sp³-hybridized carbons (Fsp3) is 0.241. The van der Waals surface area contributed by atoms with E-state index in [4.69, 9.17) is 9.47 Å². The molecule has 0 aliphatic carbocycles. The van der Waals surface area contributed by atoms with E-state index in [-0.39, 0.29) is 18.9 Å². The maximum absolute atomic E-state index is 12.6. The highest BCUT2D eigenvalue weighted by atomic mass is 16.5. The zero-order chi connectivity index (χ0) is 25.7. The monoisotopic (exact) mass is 485 g/mol. The van der Waals surface area contributed by atoms with Crippen LogP contribution in [0.4, 0.5) is 5.69 Å². The fourth-order valence-electron chi connectivity index (χ4n) is 4.07. The summed E-state index contributed by atoms with van der Waals surface area (Å²) >= 11 is 0. The van der Waals surface area contributed by atoms with Gasteiger partial charge in [0.05, 0.1) is 11.5 Å². The molecule has 4 rings (SSSR count). The van der Waals surface area contributed by atoms with Crippen molar-refractivity contribution in [1.29, 1.82) is 0 Å². The predicted molar refractivity (Wildman–Crippen MR) is 134 cm³/mol. The van der Waals surface area contributed by atoms with E-state index in [1.807, 2.05) is 50.2 Å². The minimum Gasteiger partial charge on any atom is -0.457 e. The summed E-state index contributed by atoms with van der Waals surface area (Å²) in [7, 11) is 0. The minimum atomic E-state index is -0.626. The normalized spacial score (nSPS) is 15.0. The Kier molecular flexibility index (Phi) is 7.59. The Hall–Kier alpha value is -4.26. The largest absolute Gasteiger partial charge is 0.457 e. The van der Waals surface area contributed by atoms with Gasteiger partial charge in [-0.25, -0.2) is 4.79 Å². The van der Waals surface area contributed by atoms with Crippen LogP contribution in [-0.4, -0.2) is 36.8 Å². The topological polar surface area (TPSA) is 90.0 Å². The van der Waals surface area contributed by atoms with E-state index in [1.54, 1.807) is 17.0 Å². The molecular weight excluding hydrogens is 458 g/mol. The van der Waals surface area contributed by atoms with Gasteiger partial charge in [0, 0.05) is 24.2 Å². The molecule has 0 radical (unpaired) electrons. The number of ether oxygens (including phenoxy) is 2. The van der Waals surface area contributed by atoms with Crippen LogP contribution >= 0.6 is 0 Å². The van der Waals surface area contributed by atoms with E-state index in [0.29, 0.717) is 16.9 Å². The van der Waals surface area contributed by atoms with E-state index in [2.05, 4.69) is 0 Å². The van der Waals surface area contributed by atoms with Gasteiger partial charge in [-0.1, -0.05) is 42.8 Å². The Morgan fingerprint density at radius 1 is 0.917 bits per heavy atom. The number of aryl methyl sites for hydroxylation is 2. The van der Waals surface area contributed by atoms with Crippen LogP contribution in [0.3, 0.4) is 0 Å². The Bertz CT molecular complexity index is 1280. The van der Waals surface area contributed by atoms with E-state index >= 15 is 0 Å². The molecule has 0 N–H and O–H groups in total. The highest BCUT2D eigenvalue weighted by Gasteiger charge is 2.37. The predicted octanol–water partition coefficient (Wildman–Crippen LogP) is 4.56. The number of para-hydroxylation sites is 1. The molecule has 1 unspecified atom stereocenters. The van der Waals surface area contributed by atoms with Crippen LogP contribution in [0.1, 0.15) is 45.2 Å². The van der Waals surface area contributed by atoms with Gasteiger partial charge in [0.15, 0.2) is 12.4 Å². The van der Waals surface area contributed by atoms with Gasteiger partial charge in [-0.2, -0.15) is 0 Å². The summed E-state index contributed by atoms with van der Waals surface area (Å²) in [6.07, 6.45) is 0.819. The van der Waals surface area contributed by atoms with Crippen LogP contribution in [0.5, 0.6) is 5.75 Å². The van der Waals surface area contributed by atoms with Crippen molar-refractivity contribution >= 4 is 29.3 Å². The van der Waals surface area contributed by atoms with Gasteiger partial charge in [0.2, 0.25) is 5.91 Å². The number of carbonyl (C=O) groups excluding carboxylic acids is 4. The second kappa shape index (κ2) is 11.0. The first kappa shape index (κ1) is 24.9. The molecule has 0 bridgehead atoms. The first-order valence-corrected chi connectivity index (χ1v) is 11.8. The lowest BCUT2D eigenvalue weighted by molar-refractivity contribution is -0.147. The maximum atomic E-state index is 12.6. The molecule has 1 amide bonds. The van der Waals surface area contributed by atoms with Gasteiger partial charge < -0.3 is 14.4 Å². The molecule has 7 heteroatoms. The quantitative estimate of drug-likeness (QED) is 0.264. The van der Waals surface area contributed by atoms with E-state index in [9.17, 15) is 19.2 Å². The number of nitrogens with zero attached hydrogens (tertiary/aromatic N) is 1. The average molecular weight is 486 g/mol. The lowest BCUT2D eigenvalue weighted by atomic mass is 10.1. The van der Waals surface area contributed by atoms with Crippen LogP contribution < -0.4 is 9.64 Å². The van der Waals surface area contributed by atoms with Crippen molar-refractivity contribution in [2.75, 3.05) is 18.1 Å². The highest BCUT2D eigenvalue weighted by molar-refractivity contribution is 6.01. The number of amides is 1. The summed E-state index contributed by atoms with van der Waals surface area (Å²) in [5.41, 5.74) is 3.62. The molecule has 3 aromatic rings. The molecule has 3 aromatic carbocycles. The molecule has 1 fully saturated rings. The van der Waals surface area contributed by atoms with Gasteiger partial charge in [0.25, 0.3) is 0 Å². The number of anilines is 1. The van der Waals surface area contributed by atoms with Gasteiger partial charge in [0.1, 0.15) is 5.75 Å². The molecule has 1 aliphatic heterocycles. The van der Waals surface area contributed by atoms with Crippen molar-refractivity contribution in [2.24, 2.45) is 5.92 Å². The van der Waals surface area contributed by atoms with Crippen molar-refractivity contribution in [1.82, 2.24) is 0 Å². The Morgan fingerprint density at radius 3 is 2.28 bits per heavy atom. The Morgan fingerprint density at radius 2 is 1.58 bits per heavy atom. The van der Waals surface area contributed by atoms with Crippen LogP contribution in [0.25, 0.3) is 0 Å². The molecule has 1 saturated heterocycles. The number of hydrogen-bond donors (Lipinski definition) is 0. The maximum Gasteiger partial charge on any atom is 0.343 e. The zero-order valence-corrected chi connectivity index (χ0v) is 20.2. The molecule has 0 saturated carbocycles. The summed E-state index contributed by atoms with van der Waals surface area (Å²) in [5.74, 6) is -1.93. The third-order valence-corrected chi connectivity index (χ3v) is 6.14.